The van der Waals surface area contributed by atoms with Gasteiger partial charge in [-0.1, -0.05) is 19.8 Å². The van der Waals surface area contributed by atoms with Gasteiger partial charge in [0, 0.05) is 18.8 Å². The number of rotatable bonds is 7. The SMILES string of the molecule is CCCCC(CN)Nc1ncccc1C(N)=O. The van der Waals surface area contributed by atoms with E-state index < -0.39 is 5.91 Å². The second-order valence-electron chi connectivity index (χ2n) is 3.98. The Labute approximate surface area is 102 Å². The Kier molecular flexibility index (Phi) is 5.42. The number of carbonyl (C=O) groups excluding carboxylic acids is 1. The maximum absolute atomic E-state index is 11.2. The standard InChI is InChI=1S/C12H20N4O/c1-2-3-5-9(8-13)16-12-10(11(14)17)6-4-7-15-12/h4,6-7,9H,2-3,5,8,13H2,1H3,(H2,14,17)(H,15,16). The van der Waals surface area contributed by atoms with Crippen LogP contribution in [-0.2, 0) is 0 Å². The molecule has 1 heterocycles. The Morgan fingerprint density at radius 1 is 1.59 bits per heavy atom. The van der Waals surface area contributed by atoms with Crippen molar-refractivity contribution in [2.24, 2.45) is 11.5 Å². The molecule has 5 nitrogen and oxygen atoms in total. The first-order valence-corrected chi connectivity index (χ1v) is 5.90. The highest BCUT2D eigenvalue weighted by Crippen LogP contribution is 2.13. The third-order valence-electron chi connectivity index (χ3n) is 2.60. The van der Waals surface area contributed by atoms with Crippen molar-refractivity contribution in [1.82, 2.24) is 4.98 Å². The van der Waals surface area contributed by atoms with Crippen LogP contribution in [0.2, 0.25) is 0 Å². The number of carbonyl (C=O) groups is 1. The van der Waals surface area contributed by atoms with Crippen molar-refractivity contribution in [3.63, 3.8) is 0 Å². The van der Waals surface area contributed by atoms with Crippen LogP contribution in [0.4, 0.5) is 5.82 Å². The predicted molar refractivity (Wildman–Crippen MR) is 68.7 cm³/mol. The second kappa shape index (κ2) is 6.85. The molecule has 1 aromatic heterocycles. The number of primary amides is 1. The Morgan fingerprint density at radius 2 is 2.35 bits per heavy atom. The lowest BCUT2D eigenvalue weighted by atomic mass is 10.1. The average molecular weight is 236 g/mol. The van der Waals surface area contributed by atoms with Gasteiger partial charge in [0.2, 0.25) is 0 Å². The third kappa shape index (κ3) is 4.03. The minimum Gasteiger partial charge on any atom is -0.365 e. The van der Waals surface area contributed by atoms with E-state index in [2.05, 4.69) is 17.2 Å². The average Bonchev–Trinajstić information content (AvgIpc) is 2.34. The lowest BCUT2D eigenvalue weighted by Crippen LogP contribution is -2.30. The van der Waals surface area contributed by atoms with Crippen molar-refractivity contribution in [2.75, 3.05) is 11.9 Å². The van der Waals surface area contributed by atoms with E-state index in [1.165, 1.54) is 0 Å². The quantitative estimate of drug-likeness (QED) is 0.661. The van der Waals surface area contributed by atoms with E-state index in [1.807, 2.05) is 0 Å². The number of nitrogens with zero attached hydrogens (tertiary/aromatic N) is 1. The fraction of sp³-hybridized carbons (Fsp3) is 0.500. The van der Waals surface area contributed by atoms with Crippen LogP contribution < -0.4 is 16.8 Å². The van der Waals surface area contributed by atoms with Crippen LogP contribution in [0, 0.1) is 0 Å². The summed E-state index contributed by atoms with van der Waals surface area (Å²) in [6.45, 7) is 2.64. The molecule has 1 amide bonds. The monoisotopic (exact) mass is 236 g/mol. The van der Waals surface area contributed by atoms with Crippen LogP contribution in [0.5, 0.6) is 0 Å². The zero-order valence-corrected chi connectivity index (χ0v) is 10.1. The third-order valence-corrected chi connectivity index (χ3v) is 2.60. The zero-order chi connectivity index (χ0) is 12.7. The van der Waals surface area contributed by atoms with Crippen molar-refractivity contribution in [2.45, 2.75) is 32.2 Å². The highest BCUT2D eigenvalue weighted by atomic mass is 16.1. The van der Waals surface area contributed by atoms with Crippen molar-refractivity contribution < 1.29 is 4.79 Å². The van der Waals surface area contributed by atoms with Gasteiger partial charge in [-0.2, -0.15) is 0 Å². The Morgan fingerprint density at radius 3 is 2.94 bits per heavy atom. The molecule has 0 radical (unpaired) electrons. The summed E-state index contributed by atoms with van der Waals surface area (Å²) >= 11 is 0. The maximum Gasteiger partial charge on any atom is 0.252 e. The summed E-state index contributed by atoms with van der Waals surface area (Å²) in [5, 5.41) is 3.18. The molecule has 94 valence electrons. The second-order valence-corrected chi connectivity index (χ2v) is 3.98. The number of nitrogens with one attached hydrogen (secondary N) is 1. The summed E-state index contributed by atoms with van der Waals surface area (Å²) in [6.07, 6.45) is 4.79. The fourth-order valence-corrected chi connectivity index (χ4v) is 1.61. The molecule has 0 aliphatic carbocycles. The fourth-order valence-electron chi connectivity index (χ4n) is 1.61. The van der Waals surface area contributed by atoms with Gasteiger partial charge in [-0.05, 0) is 18.6 Å². The molecule has 0 fully saturated rings. The molecule has 0 aliphatic rings. The number of amides is 1. The Hall–Kier alpha value is -1.62. The zero-order valence-electron chi connectivity index (χ0n) is 10.1. The summed E-state index contributed by atoms with van der Waals surface area (Å²) in [6, 6.07) is 3.47. The van der Waals surface area contributed by atoms with Crippen LogP contribution in [0.3, 0.4) is 0 Å². The highest BCUT2D eigenvalue weighted by molar-refractivity contribution is 5.97. The molecule has 5 N–H and O–H groups in total. The van der Waals surface area contributed by atoms with Crippen LogP contribution in [0.25, 0.3) is 0 Å². The van der Waals surface area contributed by atoms with Crippen LogP contribution in [0.1, 0.15) is 36.5 Å². The van der Waals surface area contributed by atoms with E-state index >= 15 is 0 Å². The maximum atomic E-state index is 11.2. The number of pyridine rings is 1. The van der Waals surface area contributed by atoms with E-state index in [1.54, 1.807) is 18.3 Å². The molecule has 0 bridgehead atoms. The van der Waals surface area contributed by atoms with Gasteiger partial charge < -0.3 is 16.8 Å². The number of nitrogens with two attached hydrogens (primary N) is 2. The smallest absolute Gasteiger partial charge is 0.252 e. The molecule has 0 aliphatic heterocycles. The molecule has 5 heteroatoms. The van der Waals surface area contributed by atoms with E-state index in [9.17, 15) is 4.79 Å². The van der Waals surface area contributed by atoms with Gasteiger partial charge in [0.25, 0.3) is 5.91 Å². The van der Waals surface area contributed by atoms with Gasteiger partial charge in [0.15, 0.2) is 0 Å². The molecule has 1 rings (SSSR count). The van der Waals surface area contributed by atoms with Crippen molar-refractivity contribution in [3.8, 4) is 0 Å². The lowest BCUT2D eigenvalue weighted by molar-refractivity contribution is 0.100. The molecule has 0 saturated carbocycles. The highest BCUT2D eigenvalue weighted by Gasteiger charge is 2.12. The number of anilines is 1. The summed E-state index contributed by atoms with van der Waals surface area (Å²) < 4.78 is 0. The molecular formula is C12H20N4O. The van der Waals surface area contributed by atoms with E-state index in [-0.39, 0.29) is 6.04 Å². The molecule has 1 unspecified atom stereocenters. The lowest BCUT2D eigenvalue weighted by Gasteiger charge is -2.18. The van der Waals surface area contributed by atoms with Crippen molar-refractivity contribution in [1.29, 1.82) is 0 Å². The Bertz CT molecular complexity index is 367. The van der Waals surface area contributed by atoms with E-state index in [0.717, 1.165) is 19.3 Å². The molecule has 1 aromatic rings. The van der Waals surface area contributed by atoms with Crippen molar-refractivity contribution in [3.05, 3.63) is 23.9 Å². The number of hydrogen-bond donors (Lipinski definition) is 3. The minimum atomic E-state index is -0.480. The van der Waals surface area contributed by atoms with Gasteiger partial charge in [-0.3, -0.25) is 4.79 Å². The Balaban J connectivity index is 2.75. The summed E-state index contributed by atoms with van der Waals surface area (Å²) in [4.78, 5) is 15.3. The van der Waals surface area contributed by atoms with Crippen molar-refractivity contribution >= 4 is 11.7 Å². The van der Waals surface area contributed by atoms with Crippen LogP contribution in [-0.4, -0.2) is 23.5 Å². The first kappa shape index (κ1) is 13.4. The van der Waals surface area contributed by atoms with Gasteiger partial charge in [-0.25, -0.2) is 4.98 Å². The minimum absolute atomic E-state index is 0.128. The van der Waals surface area contributed by atoms with E-state index in [0.29, 0.717) is 17.9 Å². The van der Waals surface area contributed by atoms with E-state index in [4.69, 9.17) is 11.5 Å². The first-order chi connectivity index (χ1) is 8.19. The summed E-state index contributed by atoms with van der Waals surface area (Å²) in [5.74, 6) is 0.0402. The molecule has 0 saturated heterocycles. The molecule has 0 aromatic carbocycles. The molecular weight excluding hydrogens is 216 g/mol. The number of aromatic nitrogens is 1. The van der Waals surface area contributed by atoms with Gasteiger partial charge in [-0.15, -0.1) is 0 Å². The predicted octanol–water partition coefficient (Wildman–Crippen LogP) is 1.11. The van der Waals surface area contributed by atoms with Gasteiger partial charge in [0.1, 0.15) is 5.82 Å². The van der Waals surface area contributed by atoms with Gasteiger partial charge in [0.05, 0.1) is 5.56 Å². The van der Waals surface area contributed by atoms with Crippen LogP contribution in [0.15, 0.2) is 18.3 Å². The molecule has 1 atom stereocenters. The number of hydrogen-bond acceptors (Lipinski definition) is 4. The summed E-state index contributed by atoms with van der Waals surface area (Å²) in [5.41, 5.74) is 11.4. The topological polar surface area (TPSA) is 94.0 Å². The summed E-state index contributed by atoms with van der Waals surface area (Å²) in [7, 11) is 0. The van der Waals surface area contributed by atoms with Crippen LogP contribution >= 0.6 is 0 Å². The normalized spacial score (nSPS) is 12.1. The largest absolute Gasteiger partial charge is 0.365 e. The van der Waals surface area contributed by atoms with Gasteiger partial charge >= 0.3 is 0 Å². The molecule has 0 spiro atoms. The first-order valence-electron chi connectivity index (χ1n) is 5.90. The number of unbranched alkanes of at least 4 members (excludes halogenated alkanes) is 1. The molecule has 17 heavy (non-hydrogen) atoms.